The van der Waals surface area contributed by atoms with Gasteiger partial charge in [-0.15, -0.1) is 0 Å². The standard InChI is InChI=1S/C18H18Cl2N4O5S/c1-30(27,28)24(16-8-13(19)4-7-15(16)20)10-18(26)23-22-9-12-2-5-14(6-3-12)29-11-17(21)25/h2-9H,10-11H2,1H3,(H2,21,25)(H,23,26)/b22-9-. The van der Waals surface area contributed by atoms with E-state index < -0.39 is 28.4 Å². The molecular formula is C18H18Cl2N4O5S. The highest BCUT2D eigenvalue weighted by Crippen LogP contribution is 2.30. The maximum atomic E-state index is 12.2. The minimum Gasteiger partial charge on any atom is -0.484 e. The van der Waals surface area contributed by atoms with Crippen molar-refractivity contribution >= 4 is 56.9 Å². The lowest BCUT2D eigenvalue weighted by molar-refractivity contribution is -0.120. The molecule has 0 aliphatic carbocycles. The monoisotopic (exact) mass is 472 g/mol. The SMILES string of the molecule is CS(=O)(=O)N(CC(=O)N/N=C\c1ccc(OCC(N)=O)cc1)c1cc(Cl)ccc1Cl. The number of nitrogens with one attached hydrogen (secondary N) is 1. The summed E-state index contributed by atoms with van der Waals surface area (Å²) in [4.78, 5) is 22.9. The molecule has 0 atom stereocenters. The summed E-state index contributed by atoms with van der Waals surface area (Å²) in [6, 6.07) is 10.8. The number of hydrogen-bond acceptors (Lipinski definition) is 6. The Morgan fingerprint density at radius 1 is 1.20 bits per heavy atom. The molecule has 2 amide bonds. The molecule has 2 rings (SSSR count). The first-order valence-electron chi connectivity index (χ1n) is 8.32. The average Bonchev–Trinajstić information content (AvgIpc) is 2.66. The molecule has 0 bridgehead atoms. The molecule has 0 saturated carbocycles. The van der Waals surface area contributed by atoms with Crippen LogP contribution in [0.1, 0.15) is 5.56 Å². The molecule has 0 fully saturated rings. The number of ether oxygens (including phenoxy) is 1. The van der Waals surface area contributed by atoms with Crippen LogP contribution >= 0.6 is 23.2 Å². The van der Waals surface area contributed by atoms with Gasteiger partial charge in [0.25, 0.3) is 11.8 Å². The normalized spacial score (nSPS) is 11.3. The van der Waals surface area contributed by atoms with Crippen LogP contribution in [0.15, 0.2) is 47.6 Å². The fraction of sp³-hybridized carbons (Fsp3) is 0.167. The summed E-state index contributed by atoms with van der Waals surface area (Å²) in [6.45, 7) is -0.785. The molecule has 0 saturated heterocycles. The number of hydrogen-bond donors (Lipinski definition) is 2. The van der Waals surface area contributed by atoms with E-state index in [0.717, 1.165) is 10.6 Å². The Bertz CT molecular complexity index is 1060. The van der Waals surface area contributed by atoms with Crippen LogP contribution in [-0.2, 0) is 19.6 Å². The zero-order valence-corrected chi connectivity index (χ0v) is 18.0. The van der Waals surface area contributed by atoms with Crippen LogP contribution < -0.4 is 20.2 Å². The largest absolute Gasteiger partial charge is 0.484 e. The van der Waals surface area contributed by atoms with Crippen molar-refractivity contribution in [1.29, 1.82) is 0 Å². The highest BCUT2D eigenvalue weighted by atomic mass is 35.5. The second-order valence-corrected chi connectivity index (χ2v) is 8.73. The topological polar surface area (TPSA) is 131 Å². The molecule has 160 valence electrons. The summed E-state index contributed by atoms with van der Waals surface area (Å²) in [5, 5.41) is 4.19. The first-order chi connectivity index (χ1) is 14.1. The Hall–Kier alpha value is -2.82. The van der Waals surface area contributed by atoms with E-state index in [0.29, 0.717) is 11.3 Å². The second-order valence-electron chi connectivity index (χ2n) is 5.98. The van der Waals surface area contributed by atoms with Crippen molar-refractivity contribution in [1.82, 2.24) is 5.43 Å². The lowest BCUT2D eigenvalue weighted by Gasteiger charge is -2.22. The number of hydrazone groups is 1. The van der Waals surface area contributed by atoms with Gasteiger partial charge in [0.15, 0.2) is 6.61 Å². The van der Waals surface area contributed by atoms with Gasteiger partial charge in [-0.1, -0.05) is 23.2 Å². The predicted molar refractivity (Wildman–Crippen MR) is 116 cm³/mol. The van der Waals surface area contributed by atoms with Gasteiger partial charge in [0.2, 0.25) is 10.0 Å². The fourth-order valence-corrected chi connectivity index (χ4v) is 3.50. The zero-order valence-electron chi connectivity index (χ0n) is 15.7. The van der Waals surface area contributed by atoms with Gasteiger partial charge < -0.3 is 10.5 Å². The van der Waals surface area contributed by atoms with E-state index in [-0.39, 0.29) is 22.3 Å². The number of nitrogens with zero attached hydrogens (tertiary/aromatic N) is 2. The zero-order chi connectivity index (χ0) is 22.3. The van der Waals surface area contributed by atoms with Crippen molar-refractivity contribution in [3.8, 4) is 5.75 Å². The van der Waals surface area contributed by atoms with E-state index in [4.69, 9.17) is 33.7 Å². The van der Waals surface area contributed by atoms with Crippen LogP contribution in [0.2, 0.25) is 10.0 Å². The molecule has 0 heterocycles. The number of primary amides is 1. The van der Waals surface area contributed by atoms with Crippen molar-refractivity contribution in [3.63, 3.8) is 0 Å². The van der Waals surface area contributed by atoms with Crippen LogP contribution in [0.5, 0.6) is 5.75 Å². The van der Waals surface area contributed by atoms with Crippen molar-refractivity contribution in [3.05, 3.63) is 58.1 Å². The number of rotatable bonds is 9. The highest BCUT2D eigenvalue weighted by Gasteiger charge is 2.23. The molecule has 3 N–H and O–H groups in total. The minimum atomic E-state index is -3.82. The maximum Gasteiger partial charge on any atom is 0.260 e. The van der Waals surface area contributed by atoms with Crippen LogP contribution in [0, 0.1) is 0 Å². The number of anilines is 1. The third kappa shape index (κ3) is 7.21. The molecule has 2 aromatic carbocycles. The van der Waals surface area contributed by atoms with E-state index in [1.165, 1.54) is 24.4 Å². The molecule has 9 nitrogen and oxygen atoms in total. The maximum absolute atomic E-state index is 12.2. The fourth-order valence-electron chi connectivity index (χ4n) is 2.21. The smallest absolute Gasteiger partial charge is 0.260 e. The second kappa shape index (κ2) is 10.3. The average molecular weight is 473 g/mol. The summed E-state index contributed by atoms with van der Waals surface area (Å²) in [5.41, 5.74) is 7.95. The molecule has 0 radical (unpaired) electrons. The molecule has 0 aromatic heterocycles. The summed E-state index contributed by atoms with van der Waals surface area (Å²) >= 11 is 12.0. The Balaban J connectivity index is 2.02. The summed E-state index contributed by atoms with van der Waals surface area (Å²) in [7, 11) is -3.82. The van der Waals surface area contributed by atoms with Crippen molar-refractivity contribution in [2.24, 2.45) is 10.8 Å². The lowest BCUT2D eigenvalue weighted by Crippen LogP contribution is -2.39. The number of amides is 2. The molecule has 0 unspecified atom stereocenters. The van der Waals surface area contributed by atoms with Gasteiger partial charge in [0.1, 0.15) is 12.3 Å². The third-order valence-corrected chi connectivity index (χ3v) is 5.21. The minimum absolute atomic E-state index is 0.0809. The first kappa shape index (κ1) is 23.5. The van der Waals surface area contributed by atoms with Crippen molar-refractivity contribution < 1.29 is 22.7 Å². The lowest BCUT2D eigenvalue weighted by atomic mass is 10.2. The number of halogens is 2. The predicted octanol–water partition coefficient (Wildman–Crippen LogP) is 1.77. The quantitative estimate of drug-likeness (QED) is 0.424. The van der Waals surface area contributed by atoms with Gasteiger partial charge in [0, 0.05) is 5.02 Å². The number of sulfonamides is 1. The molecular weight excluding hydrogens is 455 g/mol. The van der Waals surface area contributed by atoms with E-state index >= 15 is 0 Å². The number of carbonyl (C=O) groups is 2. The Kier molecular flexibility index (Phi) is 8.04. The Morgan fingerprint density at radius 2 is 1.87 bits per heavy atom. The summed E-state index contributed by atoms with van der Waals surface area (Å²) in [5.74, 6) is -0.836. The van der Waals surface area contributed by atoms with Crippen molar-refractivity contribution in [2.45, 2.75) is 0 Å². The molecule has 0 aliphatic rings. The van der Waals surface area contributed by atoms with Gasteiger partial charge in [-0.05, 0) is 48.0 Å². The van der Waals surface area contributed by atoms with E-state index in [1.807, 2.05) is 0 Å². The molecule has 0 aliphatic heterocycles. The van der Waals surface area contributed by atoms with Crippen LogP contribution in [0.25, 0.3) is 0 Å². The Labute approximate surface area is 183 Å². The Morgan fingerprint density at radius 3 is 2.47 bits per heavy atom. The molecule has 0 spiro atoms. The van der Waals surface area contributed by atoms with Crippen LogP contribution in [0.4, 0.5) is 5.69 Å². The summed E-state index contributed by atoms with van der Waals surface area (Å²) in [6.07, 6.45) is 2.30. The molecule has 12 heteroatoms. The van der Waals surface area contributed by atoms with Gasteiger partial charge in [0.05, 0.1) is 23.2 Å². The van der Waals surface area contributed by atoms with E-state index in [2.05, 4.69) is 10.5 Å². The van der Waals surface area contributed by atoms with E-state index in [9.17, 15) is 18.0 Å². The van der Waals surface area contributed by atoms with Crippen LogP contribution in [0.3, 0.4) is 0 Å². The highest BCUT2D eigenvalue weighted by molar-refractivity contribution is 7.92. The summed E-state index contributed by atoms with van der Waals surface area (Å²) < 4.78 is 30.2. The van der Waals surface area contributed by atoms with E-state index in [1.54, 1.807) is 24.3 Å². The van der Waals surface area contributed by atoms with Crippen LogP contribution in [-0.4, -0.2) is 45.9 Å². The number of carbonyl (C=O) groups excluding carboxylic acids is 2. The first-order valence-corrected chi connectivity index (χ1v) is 10.9. The van der Waals surface area contributed by atoms with Crippen molar-refractivity contribution in [2.75, 3.05) is 23.7 Å². The van der Waals surface area contributed by atoms with Gasteiger partial charge >= 0.3 is 0 Å². The van der Waals surface area contributed by atoms with Gasteiger partial charge in [-0.25, -0.2) is 13.8 Å². The molecule has 30 heavy (non-hydrogen) atoms. The van der Waals surface area contributed by atoms with Gasteiger partial charge in [-0.2, -0.15) is 5.10 Å². The third-order valence-electron chi connectivity index (χ3n) is 3.53. The molecule has 2 aromatic rings. The van der Waals surface area contributed by atoms with Gasteiger partial charge in [-0.3, -0.25) is 13.9 Å². The number of nitrogens with two attached hydrogens (primary N) is 1. The number of benzene rings is 2.